The number of rotatable bonds is 8. The third-order valence-electron chi connectivity index (χ3n) is 4.69. The maximum Gasteiger partial charge on any atom is 0.317 e. The van der Waals surface area contributed by atoms with E-state index >= 15 is 0 Å². The predicted octanol–water partition coefficient (Wildman–Crippen LogP) is 0.742. The zero-order valence-electron chi connectivity index (χ0n) is 14.4. The number of carboxylic acids is 1. The second kappa shape index (κ2) is 8.71. The van der Waals surface area contributed by atoms with Gasteiger partial charge in [-0.2, -0.15) is 0 Å². The van der Waals surface area contributed by atoms with Crippen LogP contribution in [0, 0.1) is 0 Å². The van der Waals surface area contributed by atoms with Gasteiger partial charge in [0.2, 0.25) is 11.8 Å². The van der Waals surface area contributed by atoms with Crippen molar-refractivity contribution in [3.05, 3.63) is 0 Å². The van der Waals surface area contributed by atoms with Crippen LogP contribution in [0.5, 0.6) is 0 Å². The molecule has 8 heteroatoms. The first-order valence-electron chi connectivity index (χ1n) is 8.59. The fraction of sp³-hybridized carbons (Fsp3) is 0.812. The third kappa shape index (κ3) is 4.63. The Bertz CT molecular complexity index is 482. The van der Waals surface area contributed by atoms with Crippen LogP contribution in [0.3, 0.4) is 0 Å². The van der Waals surface area contributed by atoms with Crippen LogP contribution in [0.1, 0.15) is 39.5 Å². The van der Waals surface area contributed by atoms with E-state index in [1.807, 2.05) is 18.7 Å². The van der Waals surface area contributed by atoms with E-state index in [2.05, 4.69) is 5.32 Å². The number of nitrogens with zero attached hydrogens (tertiary/aromatic N) is 2. The number of hydrogen-bond acceptors (Lipinski definition) is 5. The second-order valence-electron chi connectivity index (χ2n) is 6.42. The number of carboxylic acid groups (broad SMARTS) is 1. The van der Waals surface area contributed by atoms with Gasteiger partial charge in [0.15, 0.2) is 0 Å². The van der Waals surface area contributed by atoms with Crippen molar-refractivity contribution in [3.8, 4) is 0 Å². The van der Waals surface area contributed by atoms with Gasteiger partial charge in [0, 0.05) is 24.3 Å². The van der Waals surface area contributed by atoms with E-state index in [0.717, 1.165) is 19.3 Å². The summed E-state index contributed by atoms with van der Waals surface area (Å²) in [5, 5.41) is 11.9. The molecule has 2 fully saturated rings. The van der Waals surface area contributed by atoms with Gasteiger partial charge in [-0.15, -0.1) is 11.8 Å². The molecule has 1 saturated carbocycles. The molecule has 1 aliphatic heterocycles. The fourth-order valence-corrected chi connectivity index (χ4v) is 4.42. The molecule has 0 aromatic heterocycles. The molecule has 2 amide bonds. The second-order valence-corrected chi connectivity index (χ2v) is 7.42. The number of hydrogen-bond donors (Lipinski definition) is 2. The Morgan fingerprint density at radius 1 is 1.29 bits per heavy atom. The minimum atomic E-state index is -0.822. The molecule has 0 bridgehead atoms. The fourth-order valence-electron chi connectivity index (χ4n) is 3.24. The first kappa shape index (κ1) is 19.1. The molecule has 1 atom stereocenters. The van der Waals surface area contributed by atoms with Crippen LogP contribution in [0.15, 0.2) is 0 Å². The lowest BCUT2D eigenvalue weighted by atomic mass is 9.85. The summed E-state index contributed by atoms with van der Waals surface area (Å²) in [6.45, 7) is 4.64. The van der Waals surface area contributed by atoms with Gasteiger partial charge in [-0.3, -0.25) is 19.3 Å². The first-order valence-corrected chi connectivity index (χ1v) is 9.75. The number of amides is 2. The number of nitrogens with one attached hydrogen (secondary N) is 1. The number of likely N-dealkylation sites (N-methyl/N-ethyl adjacent to an activating group) is 1. The minimum absolute atomic E-state index is 0.0421. The largest absolute Gasteiger partial charge is 0.480 e. The summed E-state index contributed by atoms with van der Waals surface area (Å²) in [6, 6.07) is -0.0688. The molecule has 24 heavy (non-hydrogen) atoms. The van der Waals surface area contributed by atoms with Crippen molar-refractivity contribution in [1.29, 1.82) is 0 Å². The van der Waals surface area contributed by atoms with Crippen LogP contribution in [-0.4, -0.2) is 75.5 Å². The van der Waals surface area contributed by atoms with Crippen LogP contribution in [0.2, 0.25) is 0 Å². The highest BCUT2D eigenvalue weighted by Gasteiger charge is 2.39. The van der Waals surface area contributed by atoms with Crippen molar-refractivity contribution < 1.29 is 19.5 Å². The Hall–Kier alpha value is -1.28. The molecule has 0 spiro atoms. The highest BCUT2D eigenvalue weighted by atomic mass is 32.2. The molecule has 1 heterocycles. The number of carbonyl (C=O) groups excluding carboxylic acids is 2. The summed E-state index contributed by atoms with van der Waals surface area (Å²) in [4.78, 5) is 39.0. The summed E-state index contributed by atoms with van der Waals surface area (Å²) in [5.41, 5.74) is 0. The lowest BCUT2D eigenvalue weighted by Gasteiger charge is -2.42. The van der Waals surface area contributed by atoms with E-state index in [1.54, 1.807) is 16.7 Å². The minimum Gasteiger partial charge on any atom is -0.480 e. The van der Waals surface area contributed by atoms with Crippen LogP contribution in [-0.2, 0) is 14.4 Å². The molecular formula is C16H27N3O4S. The van der Waals surface area contributed by atoms with Gasteiger partial charge < -0.3 is 15.3 Å². The van der Waals surface area contributed by atoms with Crippen molar-refractivity contribution in [1.82, 2.24) is 15.1 Å². The van der Waals surface area contributed by atoms with E-state index in [1.165, 1.54) is 0 Å². The molecule has 1 unspecified atom stereocenters. The van der Waals surface area contributed by atoms with Crippen LogP contribution in [0.25, 0.3) is 0 Å². The predicted molar refractivity (Wildman–Crippen MR) is 92.7 cm³/mol. The Morgan fingerprint density at radius 2 is 2.00 bits per heavy atom. The monoisotopic (exact) mass is 357 g/mol. The number of carbonyl (C=O) groups is 3. The van der Waals surface area contributed by atoms with E-state index < -0.39 is 5.97 Å². The van der Waals surface area contributed by atoms with Crippen molar-refractivity contribution in [2.45, 2.75) is 57.7 Å². The first-order chi connectivity index (χ1) is 11.5. The third-order valence-corrected chi connectivity index (χ3v) is 5.70. The van der Waals surface area contributed by atoms with Gasteiger partial charge in [0.05, 0.1) is 12.4 Å². The van der Waals surface area contributed by atoms with Gasteiger partial charge in [-0.25, -0.2) is 0 Å². The van der Waals surface area contributed by atoms with Crippen LogP contribution in [0.4, 0.5) is 0 Å². The van der Waals surface area contributed by atoms with Gasteiger partial charge in [-0.05, 0) is 25.8 Å². The molecule has 0 aromatic carbocycles. The molecule has 2 N–H and O–H groups in total. The lowest BCUT2D eigenvalue weighted by molar-refractivity contribution is -0.140. The lowest BCUT2D eigenvalue weighted by Crippen LogP contribution is -2.58. The summed E-state index contributed by atoms with van der Waals surface area (Å²) in [6.07, 6.45) is 2.82. The topological polar surface area (TPSA) is 90.0 Å². The molecule has 0 radical (unpaired) electrons. The standard InChI is InChI=1S/C16H27N3O4S/c1-3-5-14(20)19-10-24-9-13(19)16(23)17-11-6-12(7-11)18(4-2)8-15(21)22/h11-13H,3-10H2,1-2H3,(H,17,23)(H,21,22). The Labute approximate surface area is 147 Å². The Morgan fingerprint density at radius 3 is 2.58 bits per heavy atom. The van der Waals surface area contributed by atoms with E-state index in [0.29, 0.717) is 24.6 Å². The molecule has 1 saturated heterocycles. The smallest absolute Gasteiger partial charge is 0.317 e. The van der Waals surface area contributed by atoms with Crippen molar-refractivity contribution >= 4 is 29.5 Å². The van der Waals surface area contributed by atoms with Gasteiger partial charge in [0.25, 0.3) is 0 Å². The van der Waals surface area contributed by atoms with Crippen LogP contribution >= 0.6 is 11.8 Å². The SMILES string of the molecule is CCCC(=O)N1CSCC1C(=O)NC1CC(N(CC)CC(=O)O)C1. The maximum atomic E-state index is 12.5. The number of thioether (sulfide) groups is 1. The number of aliphatic carboxylic acids is 1. The summed E-state index contributed by atoms with van der Waals surface area (Å²) < 4.78 is 0. The van der Waals surface area contributed by atoms with Crippen molar-refractivity contribution in [2.75, 3.05) is 24.7 Å². The summed E-state index contributed by atoms with van der Waals surface area (Å²) in [7, 11) is 0. The van der Waals surface area contributed by atoms with E-state index in [9.17, 15) is 14.4 Å². The van der Waals surface area contributed by atoms with Crippen LogP contribution < -0.4 is 5.32 Å². The molecular weight excluding hydrogens is 330 g/mol. The Kier molecular flexibility index (Phi) is 6.91. The average Bonchev–Trinajstić information content (AvgIpc) is 2.98. The molecule has 2 rings (SSSR count). The molecule has 1 aliphatic carbocycles. The van der Waals surface area contributed by atoms with Gasteiger partial charge in [0.1, 0.15) is 6.04 Å². The Balaban J connectivity index is 1.79. The zero-order chi connectivity index (χ0) is 17.7. The maximum absolute atomic E-state index is 12.5. The van der Waals surface area contributed by atoms with Crippen molar-refractivity contribution in [3.63, 3.8) is 0 Å². The van der Waals surface area contributed by atoms with E-state index in [-0.39, 0.29) is 36.5 Å². The van der Waals surface area contributed by atoms with Gasteiger partial charge >= 0.3 is 5.97 Å². The van der Waals surface area contributed by atoms with Crippen molar-refractivity contribution in [2.24, 2.45) is 0 Å². The zero-order valence-corrected chi connectivity index (χ0v) is 15.2. The highest BCUT2D eigenvalue weighted by molar-refractivity contribution is 7.99. The molecule has 2 aliphatic rings. The van der Waals surface area contributed by atoms with Gasteiger partial charge in [-0.1, -0.05) is 13.8 Å². The highest BCUT2D eigenvalue weighted by Crippen LogP contribution is 2.27. The quantitative estimate of drug-likeness (QED) is 0.666. The normalized spacial score (nSPS) is 26.3. The average molecular weight is 357 g/mol. The van der Waals surface area contributed by atoms with E-state index in [4.69, 9.17) is 5.11 Å². The molecule has 7 nitrogen and oxygen atoms in total. The molecule has 136 valence electrons. The summed E-state index contributed by atoms with van der Waals surface area (Å²) >= 11 is 1.61. The molecule has 0 aromatic rings. The summed E-state index contributed by atoms with van der Waals surface area (Å²) in [5.74, 6) is 0.392.